The van der Waals surface area contributed by atoms with E-state index in [1.165, 1.54) is 26.2 Å². The largest absolute Gasteiger partial charge is 0.495 e. The van der Waals surface area contributed by atoms with Crippen LogP contribution in [-0.2, 0) is 4.79 Å². The van der Waals surface area contributed by atoms with Gasteiger partial charge in [-0.3, -0.25) is 4.79 Å². The van der Waals surface area contributed by atoms with E-state index < -0.39 is 6.03 Å². The maximum atomic E-state index is 13.0. The molecule has 132 valence electrons. The van der Waals surface area contributed by atoms with Crippen molar-refractivity contribution in [2.45, 2.75) is 19.9 Å². The molecular formula is C18H20FN3O3. The molecule has 2 aromatic carbocycles. The Labute approximate surface area is 145 Å². The summed E-state index contributed by atoms with van der Waals surface area (Å²) in [5.41, 5.74) is 1.73. The lowest BCUT2D eigenvalue weighted by molar-refractivity contribution is -0.114. The second-order valence-corrected chi connectivity index (χ2v) is 5.47. The summed E-state index contributed by atoms with van der Waals surface area (Å²) in [7, 11) is 1.48. The Bertz CT molecular complexity index is 763. The first kappa shape index (κ1) is 18.3. The number of urea groups is 1. The molecule has 0 radical (unpaired) electrons. The van der Waals surface area contributed by atoms with Gasteiger partial charge in [-0.2, -0.15) is 0 Å². The van der Waals surface area contributed by atoms with E-state index in [0.29, 0.717) is 17.1 Å². The molecule has 0 unspecified atom stereocenters. The Morgan fingerprint density at radius 2 is 1.76 bits per heavy atom. The molecule has 2 aromatic rings. The minimum atomic E-state index is -0.449. The average molecular weight is 345 g/mol. The van der Waals surface area contributed by atoms with Gasteiger partial charge < -0.3 is 20.7 Å². The molecule has 0 fully saturated rings. The Hall–Kier alpha value is -3.09. The Kier molecular flexibility index (Phi) is 5.94. The molecule has 7 heteroatoms. The molecule has 0 aliphatic rings. The maximum absolute atomic E-state index is 13.0. The number of benzene rings is 2. The Morgan fingerprint density at radius 1 is 1.08 bits per heavy atom. The van der Waals surface area contributed by atoms with E-state index in [2.05, 4.69) is 16.0 Å². The molecule has 3 amide bonds. The van der Waals surface area contributed by atoms with Gasteiger partial charge in [0.15, 0.2) is 0 Å². The molecule has 0 saturated heterocycles. The third-order valence-electron chi connectivity index (χ3n) is 3.49. The van der Waals surface area contributed by atoms with Crippen molar-refractivity contribution in [2.75, 3.05) is 17.7 Å². The van der Waals surface area contributed by atoms with E-state index in [4.69, 9.17) is 4.74 Å². The fraction of sp³-hybridized carbons (Fsp3) is 0.222. The van der Waals surface area contributed by atoms with Crippen LogP contribution in [0.15, 0.2) is 42.5 Å². The third-order valence-corrected chi connectivity index (χ3v) is 3.49. The van der Waals surface area contributed by atoms with Crippen LogP contribution in [0.1, 0.15) is 25.5 Å². The summed E-state index contributed by atoms with van der Waals surface area (Å²) in [5.74, 6) is -0.0934. The molecule has 0 spiro atoms. The van der Waals surface area contributed by atoms with Gasteiger partial charge in [-0.05, 0) is 42.8 Å². The highest BCUT2D eigenvalue weighted by atomic mass is 19.1. The van der Waals surface area contributed by atoms with Gasteiger partial charge in [-0.15, -0.1) is 0 Å². The highest BCUT2D eigenvalue weighted by Gasteiger charge is 2.13. The third kappa shape index (κ3) is 5.20. The molecule has 0 aromatic heterocycles. The summed E-state index contributed by atoms with van der Waals surface area (Å²) in [6, 6.07) is 10.0. The lowest BCUT2D eigenvalue weighted by atomic mass is 10.1. The smallest absolute Gasteiger partial charge is 0.319 e. The van der Waals surface area contributed by atoms with Crippen LogP contribution in [0.2, 0.25) is 0 Å². The normalized spacial score (nSPS) is 11.4. The van der Waals surface area contributed by atoms with E-state index in [1.807, 2.05) is 0 Å². The molecule has 0 heterocycles. The summed E-state index contributed by atoms with van der Waals surface area (Å²) in [6.45, 7) is 3.19. The zero-order chi connectivity index (χ0) is 18.4. The fourth-order valence-electron chi connectivity index (χ4n) is 2.28. The quantitative estimate of drug-likeness (QED) is 0.773. The Morgan fingerprint density at radius 3 is 2.36 bits per heavy atom. The van der Waals surface area contributed by atoms with Gasteiger partial charge in [0, 0.05) is 12.6 Å². The van der Waals surface area contributed by atoms with Gasteiger partial charge in [0.1, 0.15) is 11.6 Å². The van der Waals surface area contributed by atoms with Gasteiger partial charge in [0.25, 0.3) is 0 Å². The van der Waals surface area contributed by atoms with E-state index >= 15 is 0 Å². The van der Waals surface area contributed by atoms with E-state index in [9.17, 15) is 14.0 Å². The molecule has 25 heavy (non-hydrogen) atoms. The summed E-state index contributed by atoms with van der Waals surface area (Å²) in [4.78, 5) is 23.4. The first-order valence-corrected chi connectivity index (χ1v) is 7.67. The number of hydrogen-bond donors (Lipinski definition) is 3. The minimum Gasteiger partial charge on any atom is -0.495 e. The number of methoxy groups -OCH3 is 1. The van der Waals surface area contributed by atoms with E-state index in [0.717, 1.165) is 5.56 Å². The lowest BCUT2D eigenvalue weighted by Gasteiger charge is -2.17. The minimum absolute atomic E-state index is 0.217. The molecular weight excluding hydrogens is 325 g/mol. The highest BCUT2D eigenvalue weighted by Crippen LogP contribution is 2.28. The van der Waals surface area contributed by atoms with Crippen LogP contribution in [0.4, 0.5) is 20.6 Å². The van der Waals surface area contributed by atoms with Crippen molar-refractivity contribution in [3.8, 4) is 5.75 Å². The molecule has 0 aliphatic carbocycles. The van der Waals surface area contributed by atoms with Crippen LogP contribution >= 0.6 is 0 Å². The number of carbonyl (C=O) groups excluding carboxylic acids is 2. The number of anilines is 2. The number of amides is 3. The van der Waals surface area contributed by atoms with Gasteiger partial charge in [0.05, 0.1) is 18.8 Å². The zero-order valence-corrected chi connectivity index (χ0v) is 14.2. The molecule has 6 nitrogen and oxygen atoms in total. The summed E-state index contributed by atoms with van der Waals surface area (Å²) in [5, 5.41) is 8.09. The Balaban J connectivity index is 2.08. The predicted molar refractivity (Wildman–Crippen MR) is 94.3 cm³/mol. The lowest BCUT2D eigenvalue weighted by Crippen LogP contribution is -2.31. The van der Waals surface area contributed by atoms with Gasteiger partial charge in [-0.1, -0.05) is 12.1 Å². The number of hydrogen-bond acceptors (Lipinski definition) is 3. The van der Waals surface area contributed by atoms with Crippen molar-refractivity contribution in [1.82, 2.24) is 5.32 Å². The van der Waals surface area contributed by atoms with Crippen molar-refractivity contribution < 1.29 is 18.7 Å². The summed E-state index contributed by atoms with van der Waals surface area (Å²) >= 11 is 0. The van der Waals surface area contributed by atoms with E-state index in [1.54, 1.807) is 37.3 Å². The number of nitrogens with one attached hydrogen (secondary N) is 3. The van der Waals surface area contributed by atoms with Crippen LogP contribution < -0.4 is 20.7 Å². The summed E-state index contributed by atoms with van der Waals surface area (Å²) < 4.78 is 18.2. The van der Waals surface area contributed by atoms with Gasteiger partial charge in [0.2, 0.25) is 5.91 Å². The highest BCUT2D eigenvalue weighted by molar-refractivity contribution is 5.94. The number of rotatable bonds is 5. The first-order chi connectivity index (χ1) is 11.9. The van der Waals surface area contributed by atoms with Crippen LogP contribution in [0.3, 0.4) is 0 Å². The van der Waals surface area contributed by atoms with Gasteiger partial charge >= 0.3 is 6.03 Å². The van der Waals surface area contributed by atoms with E-state index in [-0.39, 0.29) is 17.8 Å². The fourth-order valence-corrected chi connectivity index (χ4v) is 2.28. The molecule has 0 saturated carbocycles. The molecule has 1 atom stereocenters. The SMILES string of the molecule is COc1ccc(NC(C)=O)cc1NC(=O)N[C@@H](C)c1ccc(F)cc1. The van der Waals surface area contributed by atoms with Crippen LogP contribution in [-0.4, -0.2) is 19.0 Å². The molecule has 0 bridgehead atoms. The molecule has 2 rings (SSSR count). The first-order valence-electron chi connectivity index (χ1n) is 7.67. The second-order valence-electron chi connectivity index (χ2n) is 5.47. The maximum Gasteiger partial charge on any atom is 0.319 e. The molecule has 3 N–H and O–H groups in total. The van der Waals surface area contributed by atoms with Crippen molar-refractivity contribution in [1.29, 1.82) is 0 Å². The van der Waals surface area contributed by atoms with Crippen LogP contribution in [0.25, 0.3) is 0 Å². The standard InChI is InChI=1S/C18H20FN3O3/c1-11(13-4-6-14(19)7-5-13)20-18(24)22-16-10-15(21-12(2)23)8-9-17(16)25-3/h4-11H,1-3H3,(H,21,23)(H2,20,22,24)/t11-/m0/s1. The average Bonchev–Trinajstić information content (AvgIpc) is 2.55. The predicted octanol–water partition coefficient (Wildman–Crippen LogP) is 3.68. The van der Waals surface area contributed by atoms with Gasteiger partial charge in [-0.25, -0.2) is 9.18 Å². The second kappa shape index (κ2) is 8.14. The molecule has 0 aliphatic heterocycles. The zero-order valence-electron chi connectivity index (χ0n) is 14.2. The van der Waals surface area contributed by atoms with Crippen LogP contribution in [0.5, 0.6) is 5.75 Å². The van der Waals surface area contributed by atoms with Crippen LogP contribution in [0, 0.1) is 5.82 Å². The topological polar surface area (TPSA) is 79.5 Å². The number of carbonyl (C=O) groups is 2. The number of halogens is 1. The van der Waals surface area contributed by atoms with Crippen molar-refractivity contribution in [3.63, 3.8) is 0 Å². The van der Waals surface area contributed by atoms with Crippen molar-refractivity contribution in [2.24, 2.45) is 0 Å². The van der Waals surface area contributed by atoms with Crippen molar-refractivity contribution in [3.05, 3.63) is 53.8 Å². The van der Waals surface area contributed by atoms with Crippen molar-refractivity contribution >= 4 is 23.3 Å². The monoisotopic (exact) mass is 345 g/mol. The number of ether oxygens (including phenoxy) is 1. The summed E-state index contributed by atoms with van der Waals surface area (Å²) in [6.07, 6.45) is 0.